The third-order valence-electron chi connectivity index (χ3n) is 4.77. The average molecular weight is 369 g/mol. The van der Waals surface area contributed by atoms with Gasteiger partial charge in [0.15, 0.2) is 4.96 Å². The number of nitrogens with one attached hydrogen (secondary N) is 1. The zero-order valence-electron chi connectivity index (χ0n) is 15.1. The largest absolute Gasteiger partial charge is 0.494 e. The van der Waals surface area contributed by atoms with Gasteiger partial charge in [-0.25, -0.2) is 4.98 Å². The summed E-state index contributed by atoms with van der Waals surface area (Å²) in [6.45, 7) is 5.58. The molecule has 4 rings (SSSR count). The van der Waals surface area contributed by atoms with Gasteiger partial charge in [-0.3, -0.25) is 9.20 Å². The molecule has 1 atom stereocenters. The van der Waals surface area contributed by atoms with E-state index < -0.39 is 0 Å². The van der Waals surface area contributed by atoms with Gasteiger partial charge in [0.05, 0.1) is 24.5 Å². The van der Waals surface area contributed by atoms with Gasteiger partial charge < -0.3 is 10.1 Å². The van der Waals surface area contributed by atoms with Crippen molar-refractivity contribution in [3.05, 3.63) is 52.8 Å². The van der Waals surface area contributed by atoms with Gasteiger partial charge in [0, 0.05) is 23.9 Å². The summed E-state index contributed by atoms with van der Waals surface area (Å²) in [5, 5.41) is 5.00. The van der Waals surface area contributed by atoms with Crippen molar-refractivity contribution in [3.8, 4) is 5.75 Å². The minimum Gasteiger partial charge on any atom is -0.494 e. The monoisotopic (exact) mass is 369 g/mol. The molecule has 1 aromatic carbocycles. The van der Waals surface area contributed by atoms with E-state index in [-0.39, 0.29) is 11.8 Å². The fourth-order valence-corrected chi connectivity index (χ4v) is 4.13. The Morgan fingerprint density at radius 2 is 2.31 bits per heavy atom. The molecule has 0 fully saturated rings. The van der Waals surface area contributed by atoms with Crippen LogP contribution < -0.4 is 10.1 Å². The molecule has 2 aromatic heterocycles. The fraction of sp³-hybridized carbons (Fsp3) is 0.400. The first-order valence-electron chi connectivity index (χ1n) is 9.05. The molecular formula is C20H23N3O2S. The molecular weight excluding hydrogens is 346 g/mol. The lowest BCUT2D eigenvalue weighted by molar-refractivity contribution is -0.121. The van der Waals surface area contributed by atoms with Gasteiger partial charge in [0.2, 0.25) is 5.91 Å². The summed E-state index contributed by atoms with van der Waals surface area (Å²) in [6, 6.07) is 8.14. The quantitative estimate of drug-likeness (QED) is 0.740. The maximum absolute atomic E-state index is 12.3. The average Bonchev–Trinajstić information content (AvgIpc) is 3.14. The van der Waals surface area contributed by atoms with Crippen molar-refractivity contribution in [3.63, 3.8) is 0 Å². The highest BCUT2D eigenvalue weighted by Crippen LogP contribution is 2.35. The molecule has 0 radical (unpaired) electrons. The van der Waals surface area contributed by atoms with E-state index in [2.05, 4.69) is 35.7 Å². The number of imidazole rings is 1. The van der Waals surface area contributed by atoms with Crippen LogP contribution in [0, 0.1) is 5.92 Å². The Kier molecular flexibility index (Phi) is 4.68. The number of benzene rings is 1. The van der Waals surface area contributed by atoms with Gasteiger partial charge in [-0.2, -0.15) is 0 Å². The summed E-state index contributed by atoms with van der Waals surface area (Å²) in [4.78, 5) is 17.9. The van der Waals surface area contributed by atoms with Crippen molar-refractivity contribution >= 4 is 22.2 Å². The number of fused-ring (bicyclic) bond motifs is 3. The minimum atomic E-state index is -0.0225. The van der Waals surface area contributed by atoms with E-state index >= 15 is 0 Å². The highest BCUT2D eigenvalue weighted by molar-refractivity contribution is 7.15. The van der Waals surface area contributed by atoms with Gasteiger partial charge in [0.1, 0.15) is 5.75 Å². The van der Waals surface area contributed by atoms with Gasteiger partial charge in [-0.05, 0) is 30.0 Å². The van der Waals surface area contributed by atoms with E-state index in [1.165, 1.54) is 0 Å². The maximum atomic E-state index is 12.3. The van der Waals surface area contributed by atoms with Crippen LogP contribution in [0.25, 0.3) is 4.96 Å². The highest BCUT2D eigenvalue weighted by atomic mass is 32.1. The van der Waals surface area contributed by atoms with E-state index in [1.807, 2.05) is 23.7 Å². The molecule has 5 nitrogen and oxygen atoms in total. The second kappa shape index (κ2) is 7.11. The Morgan fingerprint density at radius 1 is 1.42 bits per heavy atom. The van der Waals surface area contributed by atoms with Crippen LogP contribution >= 0.6 is 11.3 Å². The first-order chi connectivity index (χ1) is 12.6. The number of carbonyl (C=O) groups is 1. The molecule has 1 aliphatic rings. The van der Waals surface area contributed by atoms with Crippen molar-refractivity contribution in [1.29, 1.82) is 0 Å². The molecule has 0 aliphatic carbocycles. The lowest BCUT2D eigenvalue weighted by Crippen LogP contribution is -2.21. The zero-order chi connectivity index (χ0) is 18.1. The zero-order valence-corrected chi connectivity index (χ0v) is 15.9. The van der Waals surface area contributed by atoms with Crippen LogP contribution in [0.15, 0.2) is 35.8 Å². The van der Waals surface area contributed by atoms with Crippen molar-refractivity contribution in [1.82, 2.24) is 14.7 Å². The summed E-state index contributed by atoms with van der Waals surface area (Å²) < 4.78 is 8.05. The SMILES string of the molecule is CC(C)CCOc1cccc([C@H]2CC(=O)NCc3nc4sccn4c32)c1. The van der Waals surface area contributed by atoms with E-state index in [0.717, 1.165) is 34.1 Å². The molecule has 0 saturated carbocycles. The smallest absolute Gasteiger partial charge is 0.221 e. The van der Waals surface area contributed by atoms with E-state index in [9.17, 15) is 4.79 Å². The number of aromatic nitrogens is 2. The second-order valence-corrected chi connectivity index (χ2v) is 8.01. The minimum absolute atomic E-state index is 0.0225. The van der Waals surface area contributed by atoms with Gasteiger partial charge in [-0.1, -0.05) is 26.0 Å². The normalized spacial score (nSPS) is 17.2. The van der Waals surface area contributed by atoms with E-state index in [4.69, 9.17) is 9.72 Å². The number of amides is 1. The van der Waals surface area contributed by atoms with E-state index in [0.29, 0.717) is 25.5 Å². The van der Waals surface area contributed by atoms with E-state index in [1.54, 1.807) is 11.3 Å². The summed E-state index contributed by atoms with van der Waals surface area (Å²) >= 11 is 1.62. The topological polar surface area (TPSA) is 55.6 Å². The summed E-state index contributed by atoms with van der Waals surface area (Å²) in [6.07, 6.45) is 3.49. The summed E-state index contributed by atoms with van der Waals surface area (Å²) in [5.74, 6) is 1.51. The van der Waals surface area contributed by atoms with Crippen LogP contribution in [0.1, 0.15) is 49.6 Å². The molecule has 0 spiro atoms. The molecule has 26 heavy (non-hydrogen) atoms. The van der Waals surface area contributed by atoms with Crippen molar-refractivity contribution in [2.45, 2.75) is 39.2 Å². The Bertz CT molecular complexity index is 928. The van der Waals surface area contributed by atoms with Crippen molar-refractivity contribution in [2.24, 2.45) is 5.92 Å². The Hall–Kier alpha value is -2.34. The first-order valence-corrected chi connectivity index (χ1v) is 9.93. The molecule has 1 amide bonds. The number of hydrogen-bond acceptors (Lipinski definition) is 4. The molecule has 0 bridgehead atoms. The molecule has 3 heterocycles. The lowest BCUT2D eigenvalue weighted by Gasteiger charge is -2.17. The van der Waals surface area contributed by atoms with Crippen LogP contribution in [0.3, 0.4) is 0 Å². The number of rotatable bonds is 5. The van der Waals surface area contributed by atoms with Gasteiger partial charge in [-0.15, -0.1) is 11.3 Å². The van der Waals surface area contributed by atoms with Gasteiger partial charge in [0.25, 0.3) is 0 Å². The molecule has 3 aromatic rings. The summed E-state index contributed by atoms with van der Waals surface area (Å²) in [7, 11) is 0. The van der Waals surface area contributed by atoms with Crippen LogP contribution in [0.4, 0.5) is 0 Å². The third kappa shape index (κ3) is 3.33. The van der Waals surface area contributed by atoms with Crippen LogP contribution in [-0.4, -0.2) is 21.9 Å². The summed E-state index contributed by atoms with van der Waals surface area (Å²) in [5.41, 5.74) is 3.16. The highest BCUT2D eigenvalue weighted by Gasteiger charge is 2.29. The second-order valence-electron chi connectivity index (χ2n) is 7.14. The Balaban J connectivity index is 1.69. The van der Waals surface area contributed by atoms with Crippen LogP contribution in [-0.2, 0) is 11.3 Å². The Labute approximate surface area is 157 Å². The maximum Gasteiger partial charge on any atom is 0.221 e. The molecule has 0 unspecified atom stereocenters. The number of hydrogen-bond donors (Lipinski definition) is 1. The molecule has 136 valence electrons. The van der Waals surface area contributed by atoms with Crippen LogP contribution in [0.5, 0.6) is 5.75 Å². The number of thiazole rings is 1. The number of carbonyl (C=O) groups excluding carboxylic acids is 1. The number of nitrogens with zero attached hydrogens (tertiary/aromatic N) is 2. The Morgan fingerprint density at radius 3 is 3.15 bits per heavy atom. The molecule has 6 heteroatoms. The lowest BCUT2D eigenvalue weighted by atomic mass is 9.91. The van der Waals surface area contributed by atoms with Gasteiger partial charge >= 0.3 is 0 Å². The van der Waals surface area contributed by atoms with Crippen molar-refractivity contribution < 1.29 is 9.53 Å². The fourth-order valence-electron chi connectivity index (χ4n) is 3.39. The standard InChI is InChI=1S/C20H23N3O2S/c1-13(2)6-8-25-15-5-3-4-14(10-15)16-11-18(24)21-12-17-19(16)23-7-9-26-20(23)22-17/h3-5,7,9-10,13,16H,6,8,11-12H2,1-2H3,(H,21,24)/t16-/m1/s1. The molecule has 1 N–H and O–H groups in total. The predicted octanol–water partition coefficient (Wildman–Crippen LogP) is 3.97. The van der Waals surface area contributed by atoms with Crippen LogP contribution in [0.2, 0.25) is 0 Å². The molecule has 0 saturated heterocycles. The van der Waals surface area contributed by atoms with Crippen molar-refractivity contribution in [2.75, 3.05) is 6.61 Å². The predicted molar refractivity (Wildman–Crippen MR) is 103 cm³/mol. The third-order valence-corrected chi connectivity index (χ3v) is 5.53. The number of ether oxygens (including phenoxy) is 1. The first kappa shape index (κ1) is 17.1. The molecule has 1 aliphatic heterocycles.